The number of likely N-dealkylation sites (N-methyl/N-ethyl adjacent to an activating group) is 1. The maximum absolute atomic E-state index is 6.18. The molecule has 21 heavy (non-hydrogen) atoms. The van der Waals surface area contributed by atoms with Crippen molar-refractivity contribution in [2.24, 2.45) is 0 Å². The molecule has 2 nitrogen and oxygen atoms in total. The van der Waals surface area contributed by atoms with Crippen molar-refractivity contribution in [3.63, 3.8) is 0 Å². The fourth-order valence-electron chi connectivity index (χ4n) is 2.97. The highest BCUT2D eigenvalue weighted by Gasteiger charge is 2.25. The van der Waals surface area contributed by atoms with Crippen molar-refractivity contribution in [1.82, 2.24) is 4.90 Å². The van der Waals surface area contributed by atoms with Crippen molar-refractivity contribution < 1.29 is 4.74 Å². The summed E-state index contributed by atoms with van der Waals surface area (Å²) in [6.07, 6.45) is 0. The number of methoxy groups -OCH3 is 1. The highest BCUT2D eigenvalue weighted by molar-refractivity contribution is 6.42. The van der Waals surface area contributed by atoms with Gasteiger partial charge in [0.2, 0.25) is 0 Å². The number of rotatable bonds is 2. The minimum Gasteiger partial charge on any atom is -0.497 e. The molecule has 0 aromatic heterocycles. The van der Waals surface area contributed by atoms with Gasteiger partial charge in [0.05, 0.1) is 17.2 Å². The maximum Gasteiger partial charge on any atom is 0.119 e. The molecule has 0 unspecified atom stereocenters. The lowest BCUT2D eigenvalue weighted by molar-refractivity contribution is 0.294. The van der Waals surface area contributed by atoms with Crippen LogP contribution in [0.2, 0.25) is 10.0 Å². The van der Waals surface area contributed by atoms with Crippen molar-refractivity contribution in [1.29, 1.82) is 0 Å². The number of nitrogens with zero attached hydrogens (tertiary/aromatic N) is 1. The van der Waals surface area contributed by atoms with Gasteiger partial charge in [-0.1, -0.05) is 35.3 Å². The zero-order valence-corrected chi connectivity index (χ0v) is 13.6. The summed E-state index contributed by atoms with van der Waals surface area (Å²) in [6, 6.07) is 12.2. The zero-order chi connectivity index (χ0) is 15.0. The molecule has 110 valence electrons. The molecule has 2 aromatic carbocycles. The Labute approximate surface area is 135 Å². The quantitative estimate of drug-likeness (QED) is 0.802. The average molecular weight is 322 g/mol. The molecule has 3 rings (SSSR count). The van der Waals surface area contributed by atoms with E-state index in [2.05, 4.69) is 30.1 Å². The van der Waals surface area contributed by atoms with Crippen LogP contribution in [-0.2, 0) is 6.54 Å². The molecule has 1 heterocycles. The lowest BCUT2D eigenvalue weighted by atomic mass is 9.85. The molecule has 4 heteroatoms. The van der Waals surface area contributed by atoms with Gasteiger partial charge < -0.3 is 9.64 Å². The first-order valence-corrected chi connectivity index (χ1v) is 7.64. The number of benzene rings is 2. The van der Waals surface area contributed by atoms with Crippen LogP contribution >= 0.6 is 23.2 Å². The van der Waals surface area contributed by atoms with Crippen molar-refractivity contribution in [3.05, 3.63) is 63.1 Å². The van der Waals surface area contributed by atoms with Gasteiger partial charge in [0.25, 0.3) is 0 Å². The molecule has 1 aliphatic heterocycles. The van der Waals surface area contributed by atoms with E-state index in [-0.39, 0.29) is 0 Å². The van der Waals surface area contributed by atoms with Crippen LogP contribution in [0, 0.1) is 0 Å². The van der Waals surface area contributed by atoms with E-state index in [1.807, 2.05) is 18.2 Å². The van der Waals surface area contributed by atoms with Crippen molar-refractivity contribution in [2.75, 3.05) is 20.7 Å². The Kier molecular flexibility index (Phi) is 4.12. The Hall–Kier alpha value is -1.22. The van der Waals surface area contributed by atoms with Gasteiger partial charge >= 0.3 is 0 Å². The van der Waals surface area contributed by atoms with Crippen LogP contribution in [0.1, 0.15) is 22.6 Å². The van der Waals surface area contributed by atoms with Gasteiger partial charge in [-0.15, -0.1) is 0 Å². The van der Waals surface area contributed by atoms with Crippen LogP contribution in [0.4, 0.5) is 0 Å². The molecule has 0 saturated carbocycles. The molecule has 0 amide bonds. The van der Waals surface area contributed by atoms with Gasteiger partial charge in [-0.2, -0.15) is 0 Å². The third kappa shape index (κ3) is 2.89. The normalized spacial score (nSPS) is 18.4. The number of hydrogen-bond donors (Lipinski definition) is 0. The summed E-state index contributed by atoms with van der Waals surface area (Å²) in [5.41, 5.74) is 3.84. The molecule has 0 saturated heterocycles. The minimum absolute atomic E-state index is 0.305. The Bertz CT molecular complexity index is 672. The number of hydrogen-bond acceptors (Lipinski definition) is 2. The molecule has 0 fully saturated rings. The number of halogens is 2. The van der Waals surface area contributed by atoms with E-state index >= 15 is 0 Å². The van der Waals surface area contributed by atoms with Crippen LogP contribution < -0.4 is 4.74 Å². The molecular weight excluding hydrogens is 305 g/mol. The fraction of sp³-hybridized carbons (Fsp3) is 0.294. The first-order chi connectivity index (χ1) is 10.1. The van der Waals surface area contributed by atoms with E-state index in [0.29, 0.717) is 16.0 Å². The van der Waals surface area contributed by atoms with Gasteiger partial charge in [-0.05, 0) is 48.0 Å². The second-order valence-corrected chi connectivity index (χ2v) is 6.30. The molecule has 0 bridgehead atoms. The molecule has 2 aromatic rings. The van der Waals surface area contributed by atoms with Gasteiger partial charge in [0.15, 0.2) is 0 Å². The Morgan fingerprint density at radius 1 is 1.10 bits per heavy atom. The molecule has 0 N–H and O–H groups in total. The van der Waals surface area contributed by atoms with E-state index in [9.17, 15) is 0 Å². The molecular formula is C17H17Cl2NO. The van der Waals surface area contributed by atoms with Crippen LogP contribution in [0.25, 0.3) is 0 Å². The monoisotopic (exact) mass is 321 g/mol. The van der Waals surface area contributed by atoms with Crippen LogP contribution in [-0.4, -0.2) is 25.6 Å². The Morgan fingerprint density at radius 3 is 2.62 bits per heavy atom. The predicted octanol–water partition coefficient (Wildman–Crippen LogP) is 4.58. The number of ether oxygens (including phenoxy) is 1. The van der Waals surface area contributed by atoms with E-state index in [4.69, 9.17) is 27.9 Å². The van der Waals surface area contributed by atoms with Crippen LogP contribution in [0.3, 0.4) is 0 Å². The lowest BCUT2D eigenvalue weighted by Gasteiger charge is -2.33. The summed E-state index contributed by atoms with van der Waals surface area (Å²) in [5, 5.41) is 1.21. The van der Waals surface area contributed by atoms with E-state index < -0.39 is 0 Å². The Morgan fingerprint density at radius 2 is 1.90 bits per heavy atom. The lowest BCUT2D eigenvalue weighted by Crippen LogP contribution is -2.31. The van der Waals surface area contributed by atoms with Gasteiger partial charge in [0.1, 0.15) is 5.75 Å². The van der Waals surface area contributed by atoms with Crippen LogP contribution in [0.15, 0.2) is 36.4 Å². The smallest absolute Gasteiger partial charge is 0.119 e. The zero-order valence-electron chi connectivity index (χ0n) is 12.1. The molecule has 1 aliphatic rings. The van der Waals surface area contributed by atoms with Gasteiger partial charge in [-0.25, -0.2) is 0 Å². The molecule has 0 spiro atoms. The second-order valence-electron chi connectivity index (χ2n) is 5.49. The van der Waals surface area contributed by atoms with E-state index in [1.165, 1.54) is 16.7 Å². The van der Waals surface area contributed by atoms with Crippen molar-refractivity contribution >= 4 is 23.2 Å². The van der Waals surface area contributed by atoms with E-state index in [0.717, 1.165) is 18.8 Å². The van der Waals surface area contributed by atoms with E-state index in [1.54, 1.807) is 7.11 Å². The first-order valence-electron chi connectivity index (χ1n) is 6.89. The third-order valence-electron chi connectivity index (χ3n) is 4.01. The summed E-state index contributed by atoms with van der Waals surface area (Å²) < 4.78 is 5.33. The summed E-state index contributed by atoms with van der Waals surface area (Å²) >= 11 is 12.2. The first kappa shape index (κ1) is 14.7. The fourth-order valence-corrected chi connectivity index (χ4v) is 3.27. The Balaban J connectivity index is 2.06. The summed E-state index contributed by atoms with van der Waals surface area (Å²) in [5.74, 6) is 1.20. The highest BCUT2D eigenvalue weighted by Crippen LogP contribution is 2.36. The minimum atomic E-state index is 0.305. The highest BCUT2D eigenvalue weighted by atomic mass is 35.5. The SMILES string of the molecule is COc1ccc2c(c1)CN(C)C[C@H]2c1ccc(Cl)c(Cl)c1. The van der Waals surface area contributed by atoms with Crippen molar-refractivity contribution in [3.8, 4) is 5.75 Å². The maximum atomic E-state index is 6.18. The standard InChI is InChI=1S/C17H17Cl2NO/c1-20-9-12-7-13(21-2)4-5-14(12)15(10-20)11-3-6-16(18)17(19)8-11/h3-8,15H,9-10H2,1-2H3/t15-/m0/s1. The molecule has 1 atom stereocenters. The average Bonchev–Trinajstić information content (AvgIpc) is 2.48. The predicted molar refractivity (Wildman–Crippen MR) is 87.6 cm³/mol. The topological polar surface area (TPSA) is 12.5 Å². The van der Waals surface area contributed by atoms with Gasteiger partial charge in [0, 0.05) is 19.0 Å². The second kappa shape index (κ2) is 5.88. The summed E-state index contributed by atoms with van der Waals surface area (Å²) in [6.45, 7) is 1.90. The number of fused-ring (bicyclic) bond motifs is 1. The summed E-state index contributed by atoms with van der Waals surface area (Å²) in [7, 11) is 3.83. The van der Waals surface area contributed by atoms with Crippen LogP contribution in [0.5, 0.6) is 5.75 Å². The third-order valence-corrected chi connectivity index (χ3v) is 4.75. The van der Waals surface area contributed by atoms with Gasteiger partial charge in [-0.3, -0.25) is 0 Å². The van der Waals surface area contributed by atoms with Crippen molar-refractivity contribution in [2.45, 2.75) is 12.5 Å². The molecule has 0 aliphatic carbocycles. The summed E-state index contributed by atoms with van der Waals surface area (Å²) in [4.78, 5) is 2.31. The largest absolute Gasteiger partial charge is 0.497 e. The molecule has 0 radical (unpaired) electrons.